The molecule has 14 heavy (non-hydrogen) atoms. The number of halogens is 1. The lowest BCUT2D eigenvalue weighted by atomic mass is 10.2. The minimum Gasteiger partial charge on any atom is -0.465 e. The van der Waals surface area contributed by atoms with Gasteiger partial charge < -0.3 is 4.74 Å². The largest absolute Gasteiger partial charge is 0.465 e. The predicted molar refractivity (Wildman–Crippen MR) is 65.9 cm³/mol. The Bertz CT molecular complexity index is 490. The molecule has 2 rings (SSSR count). The Kier molecular flexibility index (Phi) is 2.73. The van der Waals surface area contributed by atoms with Crippen LogP contribution in [-0.4, -0.2) is 13.1 Å². The van der Waals surface area contributed by atoms with Crippen LogP contribution < -0.4 is 0 Å². The zero-order valence-electron chi connectivity index (χ0n) is 7.41. The van der Waals surface area contributed by atoms with Crippen LogP contribution in [-0.2, 0) is 4.74 Å². The first kappa shape index (κ1) is 9.92. The lowest BCUT2D eigenvalue weighted by Crippen LogP contribution is -1.96. The third-order valence-electron chi connectivity index (χ3n) is 1.88. The van der Waals surface area contributed by atoms with Gasteiger partial charge in [0.25, 0.3) is 0 Å². The van der Waals surface area contributed by atoms with E-state index in [2.05, 4.69) is 27.3 Å². The van der Waals surface area contributed by atoms with Gasteiger partial charge in [-0.15, -0.1) is 11.3 Å². The molecule has 0 amide bonds. The summed E-state index contributed by atoms with van der Waals surface area (Å²) in [7, 11) is 1.40. The van der Waals surface area contributed by atoms with Gasteiger partial charge in [-0.25, -0.2) is 4.79 Å². The second-order valence-electron chi connectivity index (χ2n) is 2.76. The minimum absolute atomic E-state index is 0.262. The number of esters is 1. The lowest BCUT2D eigenvalue weighted by Gasteiger charge is -1.91. The van der Waals surface area contributed by atoms with Gasteiger partial charge in [-0.05, 0) is 40.1 Å². The smallest absolute Gasteiger partial charge is 0.348 e. The predicted octanol–water partition coefficient (Wildman–Crippen LogP) is 3.29. The summed E-state index contributed by atoms with van der Waals surface area (Å²) in [5.41, 5.74) is 0. The molecule has 0 unspecified atom stereocenters. The Morgan fingerprint density at radius 2 is 2.29 bits per heavy atom. The van der Waals surface area contributed by atoms with Crippen molar-refractivity contribution in [3.63, 3.8) is 0 Å². The van der Waals surface area contributed by atoms with E-state index in [-0.39, 0.29) is 5.97 Å². The SMILES string of the molecule is COC(=O)c1cc2cccc(I)c2s1. The van der Waals surface area contributed by atoms with E-state index >= 15 is 0 Å². The average Bonchev–Trinajstić information content (AvgIpc) is 2.62. The summed E-state index contributed by atoms with van der Waals surface area (Å²) in [5.74, 6) is -0.262. The Labute approximate surface area is 99.0 Å². The van der Waals surface area contributed by atoms with Crippen LogP contribution in [0.5, 0.6) is 0 Å². The second kappa shape index (κ2) is 3.86. The first-order chi connectivity index (χ1) is 6.72. The van der Waals surface area contributed by atoms with E-state index in [0.717, 1.165) is 10.1 Å². The molecule has 72 valence electrons. The molecule has 1 aromatic heterocycles. The Morgan fingerprint density at radius 1 is 1.50 bits per heavy atom. The van der Waals surface area contributed by atoms with E-state index in [1.165, 1.54) is 22.0 Å². The minimum atomic E-state index is -0.262. The van der Waals surface area contributed by atoms with Gasteiger partial charge >= 0.3 is 5.97 Å². The number of carbonyl (C=O) groups is 1. The third kappa shape index (κ3) is 1.64. The van der Waals surface area contributed by atoms with E-state index in [1.54, 1.807) is 0 Å². The third-order valence-corrected chi connectivity index (χ3v) is 4.31. The van der Waals surface area contributed by atoms with Gasteiger partial charge in [-0.1, -0.05) is 12.1 Å². The molecule has 2 aromatic rings. The van der Waals surface area contributed by atoms with Gasteiger partial charge in [0, 0.05) is 8.27 Å². The summed E-state index contributed by atoms with van der Waals surface area (Å²) >= 11 is 3.74. The van der Waals surface area contributed by atoms with E-state index in [9.17, 15) is 4.79 Å². The number of fused-ring (bicyclic) bond motifs is 1. The first-order valence-corrected chi connectivity index (χ1v) is 5.88. The molecule has 0 spiro atoms. The number of benzene rings is 1. The first-order valence-electron chi connectivity index (χ1n) is 3.99. The molecule has 0 saturated carbocycles. The fraction of sp³-hybridized carbons (Fsp3) is 0.100. The molecule has 0 aliphatic heterocycles. The maximum Gasteiger partial charge on any atom is 0.348 e. The molecule has 0 radical (unpaired) electrons. The molecule has 0 N–H and O–H groups in total. The maximum absolute atomic E-state index is 11.3. The molecular formula is C10H7IO2S. The van der Waals surface area contributed by atoms with Crippen LogP contribution in [0, 0.1) is 3.57 Å². The van der Waals surface area contributed by atoms with Crippen molar-refractivity contribution in [1.29, 1.82) is 0 Å². The number of hydrogen-bond acceptors (Lipinski definition) is 3. The molecule has 0 bridgehead atoms. The molecule has 1 aromatic carbocycles. The van der Waals surface area contributed by atoms with Crippen molar-refractivity contribution in [3.8, 4) is 0 Å². The van der Waals surface area contributed by atoms with E-state index in [1.807, 2.05) is 24.3 Å². The molecular weight excluding hydrogens is 311 g/mol. The van der Waals surface area contributed by atoms with Gasteiger partial charge in [0.1, 0.15) is 4.88 Å². The van der Waals surface area contributed by atoms with Gasteiger partial charge in [0.05, 0.1) is 7.11 Å². The lowest BCUT2D eigenvalue weighted by molar-refractivity contribution is 0.0606. The molecule has 0 saturated heterocycles. The number of methoxy groups -OCH3 is 1. The summed E-state index contributed by atoms with van der Waals surface area (Å²) in [5, 5.41) is 1.10. The normalized spacial score (nSPS) is 10.4. The van der Waals surface area contributed by atoms with E-state index < -0.39 is 0 Å². The highest BCUT2D eigenvalue weighted by Crippen LogP contribution is 2.29. The Morgan fingerprint density at radius 3 is 2.93 bits per heavy atom. The zero-order chi connectivity index (χ0) is 10.1. The van der Waals surface area contributed by atoms with Crippen LogP contribution in [0.15, 0.2) is 24.3 Å². The number of hydrogen-bond donors (Lipinski definition) is 0. The van der Waals surface area contributed by atoms with Crippen molar-refractivity contribution >= 4 is 50.0 Å². The molecule has 0 aliphatic carbocycles. The highest BCUT2D eigenvalue weighted by atomic mass is 127. The van der Waals surface area contributed by atoms with Crippen molar-refractivity contribution in [1.82, 2.24) is 0 Å². The van der Waals surface area contributed by atoms with Gasteiger partial charge in [0.15, 0.2) is 0 Å². The standard InChI is InChI=1S/C10H7IO2S/c1-13-10(12)8-5-6-3-2-4-7(11)9(6)14-8/h2-5H,1H3. The average molecular weight is 318 g/mol. The van der Waals surface area contributed by atoms with Gasteiger partial charge in [-0.3, -0.25) is 0 Å². The van der Waals surface area contributed by atoms with Gasteiger partial charge in [0.2, 0.25) is 0 Å². The Hall–Kier alpha value is -0.620. The number of rotatable bonds is 1. The number of thiophene rings is 1. The van der Waals surface area contributed by atoms with Crippen molar-refractivity contribution < 1.29 is 9.53 Å². The summed E-state index contributed by atoms with van der Waals surface area (Å²) < 4.78 is 6.99. The molecule has 2 nitrogen and oxygen atoms in total. The topological polar surface area (TPSA) is 26.3 Å². The summed E-state index contributed by atoms with van der Waals surface area (Å²) in [6.45, 7) is 0. The van der Waals surface area contributed by atoms with Crippen molar-refractivity contribution in [2.45, 2.75) is 0 Å². The summed E-state index contributed by atoms with van der Waals surface area (Å²) in [6, 6.07) is 7.88. The maximum atomic E-state index is 11.3. The number of ether oxygens (including phenoxy) is 1. The van der Waals surface area contributed by atoms with Crippen molar-refractivity contribution in [2.24, 2.45) is 0 Å². The van der Waals surface area contributed by atoms with Crippen molar-refractivity contribution in [2.75, 3.05) is 7.11 Å². The number of carbonyl (C=O) groups excluding carboxylic acids is 1. The monoisotopic (exact) mass is 318 g/mol. The van der Waals surface area contributed by atoms with Crippen LogP contribution >= 0.6 is 33.9 Å². The Balaban J connectivity index is 2.62. The van der Waals surface area contributed by atoms with Crippen molar-refractivity contribution in [3.05, 3.63) is 32.7 Å². The van der Waals surface area contributed by atoms with Crippen LogP contribution in [0.25, 0.3) is 10.1 Å². The fourth-order valence-corrected chi connectivity index (χ4v) is 3.06. The van der Waals surface area contributed by atoms with Crippen LogP contribution in [0.1, 0.15) is 9.67 Å². The second-order valence-corrected chi connectivity index (χ2v) is 4.97. The van der Waals surface area contributed by atoms with Crippen LogP contribution in [0.3, 0.4) is 0 Å². The van der Waals surface area contributed by atoms with Crippen LogP contribution in [0.2, 0.25) is 0 Å². The molecule has 1 heterocycles. The molecule has 0 aliphatic rings. The summed E-state index contributed by atoms with van der Waals surface area (Å²) in [4.78, 5) is 11.9. The summed E-state index contributed by atoms with van der Waals surface area (Å²) in [6.07, 6.45) is 0. The zero-order valence-corrected chi connectivity index (χ0v) is 10.4. The quantitative estimate of drug-likeness (QED) is 0.596. The molecule has 4 heteroatoms. The van der Waals surface area contributed by atoms with E-state index in [4.69, 9.17) is 0 Å². The van der Waals surface area contributed by atoms with Gasteiger partial charge in [-0.2, -0.15) is 0 Å². The molecule has 0 atom stereocenters. The van der Waals surface area contributed by atoms with E-state index in [0.29, 0.717) is 4.88 Å². The van der Waals surface area contributed by atoms with Crippen LogP contribution in [0.4, 0.5) is 0 Å². The fourth-order valence-electron chi connectivity index (χ4n) is 1.23. The highest BCUT2D eigenvalue weighted by Gasteiger charge is 2.11. The molecule has 0 fully saturated rings. The highest BCUT2D eigenvalue weighted by molar-refractivity contribution is 14.1.